The van der Waals surface area contributed by atoms with Crippen LogP contribution < -0.4 is 9.47 Å². The molecule has 47 heavy (non-hydrogen) atoms. The molecule has 0 spiro atoms. The molecule has 242 valence electrons. The first kappa shape index (κ1) is 32.0. The highest BCUT2D eigenvalue weighted by Gasteiger charge is 2.45. The number of aliphatic hydroxyl groups excluding tert-OH is 1. The molecule has 1 N–H and O–H groups in total. The van der Waals surface area contributed by atoms with Gasteiger partial charge in [0.2, 0.25) is 0 Å². The van der Waals surface area contributed by atoms with Gasteiger partial charge in [0.15, 0.2) is 0 Å². The fourth-order valence-electron chi connectivity index (χ4n) is 6.07. The van der Waals surface area contributed by atoms with Gasteiger partial charge < -0.3 is 24.2 Å². The number of ketones is 1. The summed E-state index contributed by atoms with van der Waals surface area (Å²) in [6.45, 7) is 7.11. The number of hydrogen-bond acceptors (Lipinski definition) is 7. The van der Waals surface area contributed by atoms with E-state index in [2.05, 4.69) is 11.0 Å². The minimum Gasteiger partial charge on any atom is -0.507 e. The van der Waals surface area contributed by atoms with E-state index in [4.69, 9.17) is 14.2 Å². The highest BCUT2D eigenvalue weighted by atomic mass is 16.5. The molecule has 1 amide bonds. The van der Waals surface area contributed by atoms with E-state index >= 15 is 0 Å². The second-order valence-corrected chi connectivity index (χ2v) is 11.9. The van der Waals surface area contributed by atoms with E-state index in [1.807, 2.05) is 79.7 Å². The summed E-state index contributed by atoms with van der Waals surface area (Å²) in [5, 5.41) is 11.6. The van der Waals surface area contributed by atoms with Gasteiger partial charge in [0.25, 0.3) is 11.7 Å². The Kier molecular flexibility index (Phi) is 10.3. The fourth-order valence-corrected chi connectivity index (χ4v) is 6.07. The standard InChI is InChI=1S/C39H40N2O6/c1-28-7-5-10-30(25-28)27-47-34-17-13-32(14-18-34)37(42)35-36(31-11-15-33(16-12-31)46-26-29-8-3-2-4-9-29)41(39(44)38(35)43)20-6-19-40-21-23-45-24-22-40/h2-5,7-18,25,36,42H,6,19-24,26-27H2,1H3. The molecule has 8 heteroatoms. The summed E-state index contributed by atoms with van der Waals surface area (Å²) in [5.41, 5.74) is 4.51. The number of likely N-dealkylation sites (tertiary alicyclic amines) is 1. The van der Waals surface area contributed by atoms with Crippen LogP contribution in [0.15, 0.2) is 109 Å². The SMILES string of the molecule is Cc1cccc(COc2ccc(C(O)=C3C(=O)C(=O)N(CCCN4CCOCC4)C3c3ccc(OCc4ccccc4)cc3)cc2)c1. The van der Waals surface area contributed by atoms with Gasteiger partial charge in [0, 0.05) is 31.7 Å². The van der Waals surface area contributed by atoms with Crippen molar-refractivity contribution < 1.29 is 28.9 Å². The molecule has 2 heterocycles. The maximum Gasteiger partial charge on any atom is 0.295 e. The Morgan fingerprint density at radius 1 is 0.787 bits per heavy atom. The number of aryl methyl sites for hydroxylation is 1. The molecule has 8 nitrogen and oxygen atoms in total. The van der Waals surface area contributed by atoms with Crippen LogP contribution in [0.5, 0.6) is 11.5 Å². The summed E-state index contributed by atoms with van der Waals surface area (Å²) in [5.74, 6) is -0.208. The molecule has 0 radical (unpaired) electrons. The van der Waals surface area contributed by atoms with Gasteiger partial charge in [-0.3, -0.25) is 14.5 Å². The normalized spacial score (nSPS) is 18.0. The Morgan fingerprint density at radius 2 is 1.43 bits per heavy atom. The third-order valence-electron chi connectivity index (χ3n) is 8.58. The van der Waals surface area contributed by atoms with Crippen LogP contribution in [0.3, 0.4) is 0 Å². The predicted octanol–water partition coefficient (Wildman–Crippen LogP) is 6.30. The molecule has 2 aliphatic heterocycles. The van der Waals surface area contributed by atoms with Crippen LogP contribution in [0.25, 0.3) is 5.76 Å². The van der Waals surface area contributed by atoms with Crippen molar-refractivity contribution in [2.24, 2.45) is 0 Å². The molecule has 6 rings (SSSR count). The van der Waals surface area contributed by atoms with Crippen LogP contribution in [0.1, 0.15) is 40.3 Å². The third kappa shape index (κ3) is 7.91. The van der Waals surface area contributed by atoms with E-state index in [1.54, 1.807) is 29.2 Å². The summed E-state index contributed by atoms with van der Waals surface area (Å²) >= 11 is 0. The second-order valence-electron chi connectivity index (χ2n) is 11.9. The fraction of sp³-hybridized carbons (Fsp3) is 0.282. The first-order valence-electron chi connectivity index (χ1n) is 16.1. The number of Topliss-reactive ketones (excluding diaryl/α,β-unsaturated/α-hetero) is 1. The first-order chi connectivity index (χ1) is 23.0. The lowest BCUT2D eigenvalue weighted by molar-refractivity contribution is -0.140. The molecule has 2 saturated heterocycles. The van der Waals surface area contributed by atoms with Crippen molar-refractivity contribution in [2.45, 2.75) is 32.6 Å². The van der Waals surface area contributed by atoms with Crippen molar-refractivity contribution in [2.75, 3.05) is 39.4 Å². The maximum absolute atomic E-state index is 13.6. The molecule has 1 atom stereocenters. The minimum absolute atomic E-state index is 0.0766. The van der Waals surface area contributed by atoms with Crippen LogP contribution in [0, 0.1) is 6.92 Å². The van der Waals surface area contributed by atoms with E-state index in [9.17, 15) is 14.7 Å². The molecular weight excluding hydrogens is 592 g/mol. The molecule has 0 saturated carbocycles. The number of carbonyl (C=O) groups is 2. The summed E-state index contributed by atoms with van der Waals surface area (Å²) < 4.78 is 17.4. The summed E-state index contributed by atoms with van der Waals surface area (Å²) in [4.78, 5) is 31.0. The van der Waals surface area contributed by atoms with Crippen LogP contribution in [0.2, 0.25) is 0 Å². The lowest BCUT2D eigenvalue weighted by Gasteiger charge is -2.29. The topological polar surface area (TPSA) is 88.5 Å². The van der Waals surface area contributed by atoms with Crippen LogP contribution in [-0.4, -0.2) is 66.0 Å². The minimum atomic E-state index is -0.736. The van der Waals surface area contributed by atoms with Gasteiger partial charge >= 0.3 is 0 Å². The molecular formula is C39H40N2O6. The number of aliphatic hydroxyl groups is 1. The van der Waals surface area contributed by atoms with Crippen molar-refractivity contribution in [1.82, 2.24) is 9.80 Å². The average Bonchev–Trinajstić information content (AvgIpc) is 3.36. The predicted molar refractivity (Wildman–Crippen MR) is 180 cm³/mol. The van der Waals surface area contributed by atoms with Gasteiger partial charge in [0.1, 0.15) is 30.5 Å². The Hall–Kier alpha value is -4.92. The average molecular weight is 633 g/mol. The zero-order chi connectivity index (χ0) is 32.6. The summed E-state index contributed by atoms with van der Waals surface area (Å²) in [6.07, 6.45) is 0.689. The maximum atomic E-state index is 13.6. The van der Waals surface area contributed by atoms with E-state index in [1.165, 1.54) is 0 Å². The number of nitrogens with zero attached hydrogens (tertiary/aromatic N) is 2. The number of rotatable bonds is 12. The van der Waals surface area contributed by atoms with Crippen molar-refractivity contribution in [3.8, 4) is 11.5 Å². The van der Waals surface area contributed by atoms with Gasteiger partial charge in [-0.15, -0.1) is 0 Å². The summed E-state index contributed by atoms with van der Waals surface area (Å²) in [6, 6.07) is 31.6. The Labute approximate surface area is 275 Å². The van der Waals surface area contributed by atoms with Gasteiger partial charge in [-0.25, -0.2) is 0 Å². The van der Waals surface area contributed by atoms with Gasteiger partial charge in [-0.05, 0) is 66.4 Å². The van der Waals surface area contributed by atoms with E-state index < -0.39 is 17.7 Å². The van der Waals surface area contributed by atoms with Crippen molar-refractivity contribution in [3.05, 3.63) is 137 Å². The Bertz CT molecular complexity index is 1700. The highest BCUT2D eigenvalue weighted by molar-refractivity contribution is 6.46. The highest BCUT2D eigenvalue weighted by Crippen LogP contribution is 2.40. The first-order valence-corrected chi connectivity index (χ1v) is 16.1. The van der Waals surface area contributed by atoms with Crippen LogP contribution in [-0.2, 0) is 27.5 Å². The lowest BCUT2D eigenvalue weighted by atomic mass is 9.95. The molecule has 2 fully saturated rings. The van der Waals surface area contributed by atoms with E-state index in [-0.39, 0.29) is 11.3 Å². The second kappa shape index (κ2) is 15.1. The van der Waals surface area contributed by atoms with Crippen LogP contribution in [0.4, 0.5) is 0 Å². The smallest absolute Gasteiger partial charge is 0.295 e. The Morgan fingerprint density at radius 3 is 2.11 bits per heavy atom. The van der Waals surface area contributed by atoms with Crippen molar-refractivity contribution in [1.29, 1.82) is 0 Å². The van der Waals surface area contributed by atoms with Gasteiger partial charge in [-0.2, -0.15) is 0 Å². The number of hydrogen-bond donors (Lipinski definition) is 1. The van der Waals surface area contributed by atoms with Crippen molar-refractivity contribution in [3.63, 3.8) is 0 Å². The molecule has 0 aromatic heterocycles. The number of carbonyl (C=O) groups excluding carboxylic acids is 2. The van der Waals surface area contributed by atoms with E-state index in [0.29, 0.717) is 56.5 Å². The lowest BCUT2D eigenvalue weighted by Crippen LogP contribution is -2.38. The molecule has 4 aromatic rings. The summed E-state index contributed by atoms with van der Waals surface area (Å²) in [7, 11) is 0. The van der Waals surface area contributed by atoms with Gasteiger partial charge in [-0.1, -0.05) is 72.3 Å². The number of morpholine rings is 1. The number of ether oxygens (including phenoxy) is 3. The molecule has 2 aliphatic rings. The van der Waals surface area contributed by atoms with Crippen molar-refractivity contribution >= 4 is 17.4 Å². The van der Waals surface area contributed by atoms with Crippen LogP contribution >= 0.6 is 0 Å². The third-order valence-corrected chi connectivity index (χ3v) is 8.58. The molecule has 0 aliphatic carbocycles. The Balaban J connectivity index is 1.23. The number of amides is 1. The molecule has 1 unspecified atom stereocenters. The zero-order valence-corrected chi connectivity index (χ0v) is 26.6. The van der Waals surface area contributed by atoms with E-state index in [0.717, 1.165) is 41.9 Å². The molecule has 4 aromatic carbocycles. The quantitative estimate of drug-likeness (QED) is 0.111. The molecule has 0 bridgehead atoms. The number of benzene rings is 4. The largest absolute Gasteiger partial charge is 0.507 e. The van der Waals surface area contributed by atoms with Gasteiger partial charge in [0.05, 0.1) is 24.8 Å². The zero-order valence-electron chi connectivity index (χ0n) is 26.6. The monoisotopic (exact) mass is 632 g/mol.